The summed E-state index contributed by atoms with van der Waals surface area (Å²) in [5.74, 6) is 0.103. The summed E-state index contributed by atoms with van der Waals surface area (Å²) in [6.45, 7) is 2.33. The molecule has 0 fully saturated rings. The first-order valence-corrected chi connectivity index (χ1v) is 6.08. The number of carbonyl (C=O) groups excluding carboxylic acids is 1. The van der Waals surface area contributed by atoms with Gasteiger partial charge in [-0.1, -0.05) is 18.2 Å². The molecule has 0 aliphatic carbocycles. The molecule has 1 aliphatic heterocycles. The highest BCUT2D eigenvalue weighted by molar-refractivity contribution is 6.25. The third-order valence-electron chi connectivity index (χ3n) is 2.94. The van der Waals surface area contributed by atoms with Crippen molar-refractivity contribution in [3.8, 4) is 0 Å². The van der Waals surface area contributed by atoms with Crippen LogP contribution in [0.4, 0.5) is 0 Å². The van der Waals surface area contributed by atoms with Crippen LogP contribution in [-0.4, -0.2) is 23.4 Å². The minimum Gasteiger partial charge on any atom is -0.476 e. The highest BCUT2D eigenvalue weighted by Crippen LogP contribution is 2.21. The molecule has 2 N–H and O–H groups in total. The van der Waals surface area contributed by atoms with Gasteiger partial charge in [0.25, 0.3) is 5.91 Å². The lowest BCUT2D eigenvalue weighted by atomic mass is 10.1. The van der Waals surface area contributed by atoms with E-state index in [-0.39, 0.29) is 5.91 Å². The van der Waals surface area contributed by atoms with E-state index in [1.807, 2.05) is 37.4 Å². The molecule has 0 radical (unpaired) electrons. The third-order valence-corrected chi connectivity index (χ3v) is 2.94. The number of hydrogen-bond donors (Lipinski definition) is 2. The summed E-state index contributed by atoms with van der Waals surface area (Å²) in [6.07, 6.45) is 3.66. The van der Waals surface area contributed by atoms with Gasteiger partial charge in [0.05, 0.1) is 6.61 Å². The van der Waals surface area contributed by atoms with E-state index in [2.05, 4.69) is 15.5 Å². The van der Waals surface area contributed by atoms with Crippen LogP contribution in [0.3, 0.4) is 0 Å². The Bertz CT molecular complexity index is 698. The zero-order valence-corrected chi connectivity index (χ0v) is 10.4. The SMILES string of the molecule is CCOC1=NNC(=O)C1=Cc1c[nH]c2ccccc12. The highest BCUT2D eigenvalue weighted by atomic mass is 16.5. The molecular weight excluding hydrogens is 242 g/mol. The fraction of sp³-hybridized carbons (Fsp3) is 0.143. The third kappa shape index (κ3) is 1.99. The normalized spacial score (nSPS) is 16.8. The number of ether oxygens (including phenoxy) is 1. The molecule has 1 aliphatic rings. The Morgan fingerprint density at radius 1 is 1.37 bits per heavy atom. The van der Waals surface area contributed by atoms with Crippen LogP contribution in [0.1, 0.15) is 12.5 Å². The Labute approximate surface area is 110 Å². The smallest absolute Gasteiger partial charge is 0.277 e. The number of hydrazone groups is 1. The second-order valence-corrected chi connectivity index (χ2v) is 4.14. The van der Waals surface area contributed by atoms with Crippen LogP contribution in [-0.2, 0) is 9.53 Å². The van der Waals surface area contributed by atoms with E-state index >= 15 is 0 Å². The molecule has 0 saturated carbocycles. The Hall–Kier alpha value is -2.56. The summed E-state index contributed by atoms with van der Waals surface area (Å²) >= 11 is 0. The van der Waals surface area contributed by atoms with Gasteiger partial charge in [0, 0.05) is 22.7 Å². The number of aromatic amines is 1. The number of benzene rings is 1. The van der Waals surface area contributed by atoms with E-state index in [1.54, 1.807) is 6.08 Å². The number of rotatable bonds is 2. The molecular formula is C14H13N3O2. The van der Waals surface area contributed by atoms with Crippen LogP contribution in [0.25, 0.3) is 17.0 Å². The van der Waals surface area contributed by atoms with Gasteiger partial charge in [0.2, 0.25) is 5.90 Å². The second-order valence-electron chi connectivity index (χ2n) is 4.14. The molecule has 0 atom stereocenters. The maximum Gasteiger partial charge on any atom is 0.277 e. The van der Waals surface area contributed by atoms with Crippen molar-refractivity contribution in [3.63, 3.8) is 0 Å². The molecule has 0 spiro atoms. The van der Waals surface area contributed by atoms with Gasteiger partial charge in [-0.05, 0) is 19.1 Å². The molecule has 3 rings (SSSR count). The van der Waals surface area contributed by atoms with Crippen molar-refractivity contribution in [3.05, 3.63) is 41.6 Å². The van der Waals surface area contributed by atoms with Crippen LogP contribution >= 0.6 is 0 Å². The number of nitrogens with zero attached hydrogens (tertiary/aromatic N) is 1. The predicted octanol–water partition coefficient (Wildman–Crippen LogP) is 2.03. The average Bonchev–Trinajstić information content (AvgIpc) is 2.98. The lowest BCUT2D eigenvalue weighted by molar-refractivity contribution is -0.116. The molecule has 96 valence electrons. The molecule has 2 heterocycles. The molecule has 1 aromatic heterocycles. The van der Waals surface area contributed by atoms with Crippen LogP contribution < -0.4 is 5.43 Å². The molecule has 19 heavy (non-hydrogen) atoms. The number of nitrogens with one attached hydrogen (secondary N) is 2. The van der Waals surface area contributed by atoms with E-state index in [9.17, 15) is 4.79 Å². The standard InChI is InChI=1S/C14H13N3O2/c1-2-19-14-11(13(18)16-17-14)7-9-8-15-12-6-4-3-5-10(9)12/h3-8,15H,2H2,1H3,(H,16,18). The van der Waals surface area contributed by atoms with Gasteiger partial charge in [-0.15, -0.1) is 5.10 Å². The zero-order valence-electron chi connectivity index (χ0n) is 10.4. The van der Waals surface area contributed by atoms with E-state index < -0.39 is 0 Å². The lowest BCUT2D eigenvalue weighted by Gasteiger charge is -2.01. The van der Waals surface area contributed by atoms with E-state index in [0.29, 0.717) is 18.1 Å². The zero-order chi connectivity index (χ0) is 13.2. The largest absolute Gasteiger partial charge is 0.476 e. The molecule has 1 amide bonds. The molecule has 5 heteroatoms. The molecule has 0 unspecified atom stereocenters. The van der Waals surface area contributed by atoms with Gasteiger partial charge < -0.3 is 9.72 Å². The molecule has 0 saturated heterocycles. The predicted molar refractivity (Wildman–Crippen MR) is 73.5 cm³/mol. The summed E-state index contributed by atoms with van der Waals surface area (Å²) in [6, 6.07) is 7.92. The fourth-order valence-corrected chi connectivity index (χ4v) is 2.06. The highest BCUT2D eigenvalue weighted by Gasteiger charge is 2.24. The monoisotopic (exact) mass is 255 g/mol. The summed E-state index contributed by atoms with van der Waals surface area (Å²) in [7, 11) is 0. The summed E-state index contributed by atoms with van der Waals surface area (Å²) < 4.78 is 5.33. The minimum atomic E-state index is -0.242. The number of hydrogen-bond acceptors (Lipinski definition) is 3. The summed E-state index contributed by atoms with van der Waals surface area (Å²) in [5.41, 5.74) is 4.83. The van der Waals surface area contributed by atoms with E-state index in [1.165, 1.54) is 0 Å². The number of carbonyl (C=O) groups is 1. The molecule has 1 aromatic carbocycles. The first kappa shape index (κ1) is 11.5. The Balaban J connectivity index is 2.05. The number of H-pyrrole nitrogens is 1. The van der Waals surface area contributed by atoms with E-state index in [4.69, 9.17) is 4.74 Å². The van der Waals surface area contributed by atoms with Crippen LogP contribution in [0.2, 0.25) is 0 Å². The first-order valence-electron chi connectivity index (χ1n) is 6.08. The van der Waals surface area contributed by atoms with Crippen molar-refractivity contribution in [2.24, 2.45) is 5.10 Å². The maximum atomic E-state index is 11.7. The Morgan fingerprint density at radius 3 is 3.05 bits per heavy atom. The number of para-hydroxylation sites is 1. The number of fused-ring (bicyclic) bond motifs is 1. The van der Waals surface area contributed by atoms with Crippen LogP contribution in [0.15, 0.2) is 41.1 Å². The van der Waals surface area contributed by atoms with Crippen molar-refractivity contribution < 1.29 is 9.53 Å². The topological polar surface area (TPSA) is 66.5 Å². The van der Waals surface area contributed by atoms with Crippen molar-refractivity contribution in [2.45, 2.75) is 6.92 Å². The van der Waals surface area contributed by atoms with Gasteiger partial charge in [0.1, 0.15) is 5.57 Å². The number of amides is 1. The van der Waals surface area contributed by atoms with E-state index in [0.717, 1.165) is 16.5 Å². The van der Waals surface area contributed by atoms with Gasteiger partial charge in [-0.2, -0.15) is 0 Å². The fourth-order valence-electron chi connectivity index (χ4n) is 2.06. The van der Waals surface area contributed by atoms with Crippen molar-refractivity contribution in [1.82, 2.24) is 10.4 Å². The molecule has 2 aromatic rings. The average molecular weight is 255 g/mol. The first-order chi connectivity index (χ1) is 9.29. The van der Waals surface area contributed by atoms with Crippen molar-refractivity contribution in [1.29, 1.82) is 0 Å². The minimum absolute atomic E-state index is 0.242. The van der Waals surface area contributed by atoms with Gasteiger partial charge in [-0.3, -0.25) is 4.79 Å². The van der Waals surface area contributed by atoms with Crippen molar-refractivity contribution in [2.75, 3.05) is 6.61 Å². The summed E-state index contributed by atoms with van der Waals surface area (Å²) in [5, 5.41) is 4.93. The number of aromatic nitrogens is 1. The molecule has 5 nitrogen and oxygen atoms in total. The van der Waals surface area contributed by atoms with Crippen molar-refractivity contribution >= 4 is 28.8 Å². The van der Waals surface area contributed by atoms with Crippen LogP contribution in [0, 0.1) is 0 Å². The lowest BCUT2D eigenvalue weighted by Crippen LogP contribution is -2.14. The van der Waals surface area contributed by atoms with Gasteiger partial charge >= 0.3 is 0 Å². The summed E-state index contributed by atoms with van der Waals surface area (Å²) in [4.78, 5) is 14.9. The quantitative estimate of drug-likeness (QED) is 0.806. The van der Waals surface area contributed by atoms with Gasteiger partial charge in [0.15, 0.2) is 0 Å². The Kier molecular flexibility index (Phi) is 2.79. The molecule has 0 bridgehead atoms. The van der Waals surface area contributed by atoms with Gasteiger partial charge in [-0.25, -0.2) is 5.43 Å². The second kappa shape index (κ2) is 4.61. The maximum absolute atomic E-state index is 11.7. The Morgan fingerprint density at radius 2 is 2.21 bits per heavy atom. The van der Waals surface area contributed by atoms with Crippen LogP contribution in [0.5, 0.6) is 0 Å².